The van der Waals surface area contributed by atoms with Crippen LogP contribution >= 0.6 is 0 Å². The highest BCUT2D eigenvalue weighted by atomic mass is 16.2. The van der Waals surface area contributed by atoms with Gasteiger partial charge in [-0.1, -0.05) is 24.3 Å². The molecule has 0 spiro atoms. The molecule has 1 aliphatic heterocycles. The summed E-state index contributed by atoms with van der Waals surface area (Å²) in [4.78, 5) is 22.4. The third-order valence-corrected chi connectivity index (χ3v) is 4.27. The van der Waals surface area contributed by atoms with E-state index >= 15 is 0 Å². The van der Waals surface area contributed by atoms with E-state index < -0.39 is 0 Å². The second-order valence-corrected chi connectivity index (χ2v) is 5.88. The van der Waals surface area contributed by atoms with Gasteiger partial charge in [0.2, 0.25) is 5.91 Å². The number of hydrogen-bond donors (Lipinski definition) is 0. The summed E-state index contributed by atoms with van der Waals surface area (Å²) < 4.78 is 0. The van der Waals surface area contributed by atoms with Crippen molar-refractivity contribution < 1.29 is 4.79 Å². The molecule has 2 heterocycles. The number of rotatable bonds is 3. The SMILES string of the molecule is O=C1CCCN1Cc1cccc(-c2ccc3nccnc3c2)c1. The van der Waals surface area contributed by atoms with E-state index in [9.17, 15) is 4.79 Å². The van der Waals surface area contributed by atoms with Crippen LogP contribution in [-0.2, 0) is 11.3 Å². The molecule has 0 bridgehead atoms. The Balaban J connectivity index is 1.65. The van der Waals surface area contributed by atoms with E-state index in [4.69, 9.17) is 0 Å². The predicted octanol–water partition coefficient (Wildman–Crippen LogP) is 3.42. The molecule has 0 radical (unpaired) electrons. The highest BCUT2D eigenvalue weighted by Gasteiger charge is 2.19. The molecular formula is C19H17N3O. The molecule has 0 N–H and O–H groups in total. The van der Waals surface area contributed by atoms with Crippen LogP contribution in [0.25, 0.3) is 22.2 Å². The fraction of sp³-hybridized carbons (Fsp3) is 0.211. The molecule has 0 saturated carbocycles. The first-order valence-corrected chi connectivity index (χ1v) is 7.87. The Bertz CT molecular complexity index is 875. The summed E-state index contributed by atoms with van der Waals surface area (Å²) in [5.74, 6) is 0.261. The average Bonchev–Trinajstić information content (AvgIpc) is 2.99. The Morgan fingerprint density at radius 1 is 0.957 bits per heavy atom. The van der Waals surface area contributed by atoms with Crippen molar-refractivity contribution in [2.45, 2.75) is 19.4 Å². The van der Waals surface area contributed by atoms with Gasteiger partial charge in [-0.25, -0.2) is 0 Å². The maximum Gasteiger partial charge on any atom is 0.222 e. The van der Waals surface area contributed by atoms with Gasteiger partial charge in [0.05, 0.1) is 11.0 Å². The standard InChI is InChI=1S/C19H17N3O/c23-19-5-2-10-22(19)13-14-3-1-4-15(11-14)16-6-7-17-18(12-16)21-9-8-20-17/h1,3-4,6-9,11-12H,2,5,10,13H2. The molecule has 4 rings (SSSR count). The third-order valence-electron chi connectivity index (χ3n) is 4.27. The molecule has 1 aromatic heterocycles. The van der Waals surface area contributed by atoms with Crippen LogP contribution in [0, 0.1) is 0 Å². The summed E-state index contributed by atoms with van der Waals surface area (Å²) in [6.07, 6.45) is 5.07. The highest BCUT2D eigenvalue weighted by molar-refractivity contribution is 5.81. The number of carbonyl (C=O) groups excluding carboxylic acids is 1. The average molecular weight is 303 g/mol. The summed E-state index contributed by atoms with van der Waals surface area (Å²) in [6.45, 7) is 1.56. The molecule has 3 aromatic rings. The first kappa shape index (κ1) is 13.9. The van der Waals surface area contributed by atoms with Crippen LogP contribution in [0.4, 0.5) is 0 Å². The number of nitrogens with zero attached hydrogens (tertiary/aromatic N) is 3. The Kier molecular flexibility index (Phi) is 3.50. The third kappa shape index (κ3) is 2.80. The zero-order valence-electron chi connectivity index (χ0n) is 12.8. The highest BCUT2D eigenvalue weighted by Crippen LogP contribution is 2.24. The maximum atomic E-state index is 11.8. The monoisotopic (exact) mass is 303 g/mol. The van der Waals surface area contributed by atoms with Crippen molar-refractivity contribution in [3.05, 3.63) is 60.4 Å². The van der Waals surface area contributed by atoms with Crippen molar-refractivity contribution >= 4 is 16.9 Å². The van der Waals surface area contributed by atoms with Crippen LogP contribution in [0.2, 0.25) is 0 Å². The number of aromatic nitrogens is 2. The van der Waals surface area contributed by atoms with Gasteiger partial charge in [-0.05, 0) is 41.3 Å². The second kappa shape index (κ2) is 5.80. The number of benzene rings is 2. The zero-order valence-corrected chi connectivity index (χ0v) is 12.8. The molecule has 1 saturated heterocycles. The van der Waals surface area contributed by atoms with Crippen LogP contribution in [0.1, 0.15) is 18.4 Å². The van der Waals surface area contributed by atoms with Gasteiger partial charge in [0.15, 0.2) is 0 Å². The molecule has 4 nitrogen and oxygen atoms in total. The molecule has 23 heavy (non-hydrogen) atoms. The van der Waals surface area contributed by atoms with Crippen LogP contribution in [0.15, 0.2) is 54.9 Å². The van der Waals surface area contributed by atoms with Gasteiger partial charge < -0.3 is 4.90 Å². The van der Waals surface area contributed by atoms with Crippen LogP contribution < -0.4 is 0 Å². The maximum absolute atomic E-state index is 11.8. The van der Waals surface area contributed by atoms with Crippen LogP contribution in [0.3, 0.4) is 0 Å². The van der Waals surface area contributed by atoms with E-state index in [2.05, 4.69) is 40.3 Å². The van der Waals surface area contributed by atoms with Gasteiger partial charge in [-0.3, -0.25) is 14.8 Å². The predicted molar refractivity (Wildman–Crippen MR) is 89.6 cm³/mol. The van der Waals surface area contributed by atoms with E-state index in [0.29, 0.717) is 13.0 Å². The van der Waals surface area contributed by atoms with Crippen molar-refractivity contribution in [3.63, 3.8) is 0 Å². The summed E-state index contributed by atoms with van der Waals surface area (Å²) in [6, 6.07) is 14.5. The van der Waals surface area contributed by atoms with Crippen LogP contribution in [-0.4, -0.2) is 27.3 Å². The largest absolute Gasteiger partial charge is 0.338 e. The van der Waals surface area contributed by atoms with E-state index in [1.54, 1.807) is 12.4 Å². The van der Waals surface area contributed by atoms with E-state index in [0.717, 1.165) is 40.7 Å². The lowest BCUT2D eigenvalue weighted by Gasteiger charge is -2.16. The van der Waals surface area contributed by atoms with Gasteiger partial charge in [0.25, 0.3) is 0 Å². The van der Waals surface area contributed by atoms with E-state index in [1.807, 2.05) is 17.0 Å². The smallest absolute Gasteiger partial charge is 0.222 e. The Hall–Kier alpha value is -2.75. The fourth-order valence-electron chi connectivity index (χ4n) is 3.08. The van der Waals surface area contributed by atoms with Crippen molar-refractivity contribution in [1.82, 2.24) is 14.9 Å². The van der Waals surface area contributed by atoms with Crippen molar-refractivity contribution in [1.29, 1.82) is 0 Å². The minimum Gasteiger partial charge on any atom is -0.338 e. The molecule has 1 amide bonds. The Morgan fingerprint density at radius 3 is 2.61 bits per heavy atom. The van der Waals surface area contributed by atoms with Crippen molar-refractivity contribution in [2.24, 2.45) is 0 Å². The summed E-state index contributed by atoms with van der Waals surface area (Å²) in [5.41, 5.74) is 5.21. The Morgan fingerprint density at radius 2 is 1.78 bits per heavy atom. The molecule has 1 fully saturated rings. The number of carbonyl (C=O) groups is 1. The molecular weight excluding hydrogens is 286 g/mol. The van der Waals surface area contributed by atoms with Crippen LogP contribution in [0.5, 0.6) is 0 Å². The first-order chi connectivity index (χ1) is 11.3. The molecule has 2 aromatic carbocycles. The summed E-state index contributed by atoms with van der Waals surface area (Å²) in [7, 11) is 0. The van der Waals surface area contributed by atoms with Crippen molar-refractivity contribution in [3.8, 4) is 11.1 Å². The Labute approximate surface area is 134 Å². The lowest BCUT2D eigenvalue weighted by molar-refractivity contribution is -0.128. The number of fused-ring (bicyclic) bond motifs is 1. The van der Waals surface area contributed by atoms with Crippen molar-refractivity contribution in [2.75, 3.05) is 6.54 Å². The molecule has 1 aliphatic rings. The quantitative estimate of drug-likeness (QED) is 0.745. The minimum atomic E-state index is 0.261. The molecule has 0 aliphatic carbocycles. The lowest BCUT2D eigenvalue weighted by Crippen LogP contribution is -2.23. The zero-order chi connectivity index (χ0) is 15.6. The lowest BCUT2D eigenvalue weighted by atomic mass is 10.0. The van der Waals surface area contributed by atoms with Gasteiger partial charge in [-0.2, -0.15) is 0 Å². The number of likely N-dealkylation sites (tertiary alicyclic amines) is 1. The van der Waals surface area contributed by atoms with Gasteiger partial charge in [-0.15, -0.1) is 0 Å². The van der Waals surface area contributed by atoms with Gasteiger partial charge >= 0.3 is 0 Å². The number of amides is 1. The summed E-state index contributed by atoms with van der Waals surface area (Å²) >= 11 is 0. The molecule has 114 valence electrons. The minimum absolute atomic E-state index is 0.261. The first-order valence-electron chi connectivity index (χ1n) is 7.87. The van der Waals surface area contributed by atoms with Gasteiger partial charge in [0.1, 0.15) is 0 Å². The van der Waals surface area contributed by atoms with E-state index in [-0.39, 0.29) is 5.91 Å². The second-order valence-electron chi connectivity index (χ2n) is 5.88. The molecule has 0 atom stereocenters. The fourth-order valence-corrected chi connectivity index (χ4v) is 3.08. The molecule has 0 unspecified atom stereocenters. The number of hydrogen-bond acceptors (Lipinski definition) is 3. The van der Waals surface area contributed by atoms with E-state index in [1.165, 1.54) is 0 Å². The normalized spacial score (nSPS) is 14.6. The molecule has 4 heteroatoms. The topological polar surface area (TPSA) is 46.1 Å². The summed E-state index contributed by atoms with van der Waals surface area (Å²) in [5, 5.41) is 0. The van der Waals surface area contributed by atoms with Gasteiger partial charge in [0, 0.05) is 31.9 Å².